The molecule has 0 unspecified atom stereocenters. The smallest absolute Gasteiger partial charge is 0.305 e. The minimum absolute atomic E-state index is 0.00780. The van der Waals surface area contributed by atoms with E-state index in [1.54, 1.807) is 12.3 Å². The van der Waals surface area contributed by atoms with E-state index in [2.05, 4.69) is 10.4 Å². The molecule has 0 aliphatic carbocycles. The third-order valence-corrected chi connectivity index (χ3v) is 2.92. The number of carbonyl (C=O) groups excluding carboxylic acids is 1. The van der Waals surface area contributed by atoms with Crippen LogP contribution in [0.1, 0.15) is 27.9 Å². The van der Waals surface area contributed by atoms with E-state index in [1.807, 2.05) is 32.0 Å². The van der Waals surface area contributed by atoms with Crippen molar-refractivity contribution in [2.75, 3.05) is 5.32 Å². The van der Waals surface area contributed by atoms with E-state index < -0.39 is 5.97 Å². The third-order valence-electron chi connectivity index (χ3n) is 2.92. The normalized spacial score (nSPS) is 10.4. The lowest BCUT2D eigenvalue weighted by atomic mass is 10.1. The molecule has 2 rings (SSSR count). The van der Waals surface area contributed by atoms with Gasteiger partial charge >= 0.3 is 5.97 Å². The number of nitrogens with one attached hydrogen (secondary N) is 1. The first-order valence-electron chi connectivity index (χ1n) is 6.59. The van der Waals surface area contributed by atoms with Gasteiger partial charge in [0.15, 0.2) is 5.82 Å². The van der Waals surface area contributed by atoms with Crippen molar-refractivity contribution in [3.63, 3.8) is 0 Å². The van der Waals surface area contributed by atoms with Gasteiger partial charge in [0.1, 0.15) is 0 Å². The fraction of sp³-hybridized carbons (Fsp3) is 0.267. The Bertz CT molecular complexity index is 656. The highest BCUT2D eigenvalue weighted by Crippen LogP contribution is 2.11. The number of amides is 1. The third kappa shape index (κ3) is 4.17. The molecule has 6 heteroatoms. The number of carbonyl (C=O) groups is 2. The number of nitrogens with zero attached hydrogens (tertiary/aromatic N) is 2. The standard InChI is InChI=1S/C15H17N3O3/c1-10-7-11(2)9-12(8-10)15(21)16-13-3-5-18(17-13)6-4-14(19)20/h3,5,7-9H,4,6H2,1-2H3,(H,19,20)(H,16,17,21). The summed E-state index contributed by atoms with van der Waals surface area (Å²) in [6.07, 6.45) is 1.63. The molecular formula is C15H17N3O3. The first-order valence-corrected chi connectivity index (χ1v) is 6.59. The lowest BCUT2D eigenvalue weighted by Crippen LogP contribution is -2.13. The lowest BCUT2D eigenvalue weighted by Gasteiger charge is -2.05. The van der Waals surface area contributed by atoms with Crippen LogP contribution in [0.25, 0.3) is 0 Å². The predicted molar refractivity (Wildman–Crippen MR) is 78.3 cm³/mol. The Morgan fingerprint density at radius 3 is 2.52 bits per heavy atom. The zero-order valence-corrected chi connectivity index (χ0v) is 12.0. The van der Waals surface area contributed by atoms with Crippen LogP contribution in [-0.2, 0) is 11.3 Å². The van der Waals surface area contributed by atoms with Gasteiger partial charge in [0.25, 0.3) is 5.91 Å². The molecule has 0 saturated carbocycles. The highest BCUT2D eigenvalue weighted by Gasteiger charge is 2.09. The van der Waals surface area contributed by atoms with Gasteiger partial charge in [0.2, 0.25) is 0 Å². The van der Waals surface area contributed by atoms with Crippen molar-refractivity contribution in [2.24, 2.45) is 0 Å². The molecule has 1 aromatic heterocycles. The number of hydrogen-bond acceptors (Lipinski definition) is 3. The molecule has 0 radical (unpaired) electrons. The van der Waals surface area contributed by atoms with Crippen molar-refractivity contribution in [2.45, 2.75) is 26.8 Å². The Morgan fingerprint density at radius 1 is 1.24 bits per heavy atom. The Balaban J connectivity index is 2.04. The van der Waals surface area contributed by atoms with Crippen molar-refractivity contribution in [3.05, 3.63) is 47.2 Å². The minimum atomic E-state index is -0.883. The number of benzene rings is 1. The van der Waals surface area contributed by atoms with Crippen LogP contribution in [-0.4, -0.2) is 26.8 Å². The Hall–Kier alpha value is -2.63. The van der Waals surface area contributed by atoms with Gasteiger partial charge in [-0.1, -0.05) is 17.2 Å². The highest BCUT2D eigenvalue weighted by atomic mass is 16.4. The van der Waals surface area contributed by atoms with Crippen molar-refractivity contribution in [1.82, 2.24) is 9.78 Å². The summed E-state index contributed by atoms with van der Waals surface area (Å²) in [5.41, 5.74) is 2.62. The second-order valence-corrected chi connectivity index (χ2v) is 4.94. The van der Waals surface area contributed by atoms with E-state index in [1.165, 1.54) is 4.68 Å². The monoisotopic (exact) mass is 287 g/mol. The Kier molecular flexibility index (Phi) is 4.37. The fourth-order valence-corrected chi connectivity index (χ4v) is 2.06. The number of carboxylic acids is 1. The van der Waals surface area contributed by atoms with Gasteiger partial charge < -0.3 is 10.4 Å². The van der Waals surface area contributed by atoms with Crippen molar-refractivity contribution in [3.8, 4) is 0 Å². The summed E-state index contributed by atoms with van der Waals surface area (Å²) in [7, 11) is 0. The summed E-state index contributed by atoms with van der Waals surface area (Å²) in [6.45, 7) is 4.14. The quantitative estimate of drug-likeness (QED) is 0.883. The number of aromatic nitrogens is 2. The number of hydrogen-bond donors (Lipinski definition) is 2. The molecule has 110 valence electrons. The van der Waals surface area contributed by atoms with Crippen molar-refractivity contribution < 1.29 is 14.7 Å². The van der Waals surface area contributed by atoms with Crippen LogP contribution in [0.15, 0.2) is 30.5 Å². The van der Waals surface area contributed by atoms with Crippen LogP contribution in [0, 0.1) is 13.8 Å². The summed E-state index contributed by atoms with van der Waals surface area (Å²) in [6, 6.07) is 7.26. The molecule has 0 bridgehead atoms. The summed E-state index contributed by atoms with van der Waals surface area (Å²) in [5.74, 6) is -0.707. The maximum absolute atomic E-state index is 12.1. The van der Waals surface area contributed by atoms with Crippen LogP contribution in [0.5, 0.6) is 0 Å². The predicted octanol–water partition coefficient (Wildman–Crippen LogP) is 2.23. The first kappa shape index (κ1) is 14.8. The molecule has 2 aromatic rings. The SMILES string of the molecule is Cc1cc(C)cc(C(=O)Nc2ccn(CCC(=O)O)n2)c1. The largest absolute Gasteiger partial charge is 0.481 e. The number of rotatable bonds is 5. The van der Waals surface area contributed by atoms with E-state index in [4.69, 9.17) is 5.11 Å². The summed E-state index contributed by atoms with van der Waals surface area (Å²) in [5, 5.41) is 15.4. The molecule has 0 fully saturated rings. The lowest BCUT2D eigenvalue weighted by molar-refractivity contribution is -0.137. The second-order valence-electron chi connectivity index (χ2n) is 4.94. The zero-order valence-electron chi connectivity index (χ0n) is 12.0. The maximum Gasteiger partial charge on any atom is 0.305 e. The molecule has 0 spiro atoms. The van der Waals surface area contributed by atoms with Crippen LogP contribution in [0.3, 0.4) is 0 Å². The molecule has 0 aliphatic heterocycles. The van der Waals surface area contributed by atoms with Crippen molar-refractivity contribution in [1.29, 1.82) is 0 Å². The van der Waals surface area contributed by atoms with E-state index in [-0.39, 0.29) is 18.9 Å². The molecule has 21 heavy (non-hydrogen) atoms. The summed E-state index contributed by atoms with van der Waals surface area (Å²) in [4.78, 5) is 22.6. The molecular weight excluding hydrogens is 270 g/mol. The fourth-order valence-electron chi connectivity index (χ4n) is 2.06. The Morgan fingerprint density at radius 2 is 1.90 bits per heavy atom. The minimum Gasteiger partial charge on any atom is -0.481 e. The van der Waals surface area contributed by atoms with Gasteiger partial charge in [-0.15, -0.1) is 0 Å². The van der Waals surface area contributed by atoms with Gasteiger partial charge in [-0.25, -0.2) is 0 Å². The van der Waals surface area contributed by atoms with Gasteiger partial charge in [0, 0.05) is 17.8 Å². The van der Waals surface area contributed by atoms with Gasteiger partial charge in [0.05, 0.1) is 13.0 Å². The first-order chi connectivity index (χ1) is 9.94. The molecule has 0 saturated heterocycles. The summed E-state index contributed by atoms with van der Waals surface area (Å²) >= 11 is 0. The number of aliphatic carboxylic acids is 1. The van der Waals surface area contributed by atoms with Crippen LogP contribution in [0.4, 0.5) is 5.82 Å². The molecule has 1 aromatic carbocycles. The molecule has 2 N–H and O–H groups in total. The number of anilines is 1. The average Bonchev–Trinajstić information content (AvgIpc) is 2.83. The van der Waals surface area contributed by atoms with Crippen molar-refractivity contribution >= 4 is 17.7 Å². The van der Waals surface area contributed by atoms with Crippen LogP contribution >= 0.6 is 0 Å². The van der Waals surface area contributed by atoms with E-state index in [0.29, 0.717) is 11.4 Å². The van der Waals surface area contributed by atoms with E-state index in [0.717, 1.165) is 11.1 Å². The van der Waals surface area contributed by atoms with Gasteiger partial charge in [-0.2, -0.15) is 5.10 Å². The molecule has 0 atom stereocenters. The highest BCUT2D eigenvalue weighted by molar-refractivity contribution is 6.03. The molecule has 0 aliphatic rings. The van der Waals surface area contributed by atoms with E-state index >= 15 is 0 Å². The number of aryl methyl sites for hydroxylation is 3. The zero-order chi connectivity index (χ0) is 15.4. The average molecular weight is 287 g/mol. The molecule has 1 amide bonds. The van der Waals surface area contributed by atoms with Crippen LogP contribution in [0.2, 0.25) is 0 Å². The van der Waals surface area contributed by atoms with E-state index in [9.17, 15) is 9.59 Å². The Labute approximate surface area is 122 Å². The summed E-state index contributed by atoms with van der Waals surface area (Å²) < 4.78 is 1.49. The van der Waals surface area contributed by atoms with Crippen LogP contribution < -0.4 is 5.32 Å². The number of carboxylic acid groups (broad SMARTS) is 1. The maximum atomic E-state index is 12.1. The topological polar surface area (TPSA) is 84.2 Å². The van der Waals surface area contributed by atoms with Gasteiger partial charge in [-0.3, -0.25) is 14.3 Å². The van der Waals surface area contributed by atoms with Gasteiger partial charge in [-0.05, 0) is 26.0 Å². The molecule has 6 nitrogen and oxygen atoms in total. The second kappa shape index (κ2) is 6.21. The molecule has 1 heterocycles.